The molecule has 0 fully saturated rings. The summed E-state index contributed by atoms with van der Waals surface area (Å²) in [7, 11) is 3.08. The Hall–Kier alpha value is -2.73. The predicted molar refractivity (Wildman–Crippen MR) is 101 cm³/mol. The normalized spacial score (nSPS) is 10.3. The third-order valence-corrected chi connectivity index (χ3v) is 3.79. The smallest absolute Gasteiger partial charge is 0.251 e. The molecule has 0 aliphatic rings. The third kappa shape index (κ3) is 5.39. The van der Waals surface area contributed by atoms with E-state index in [2.05, 4.69) is 10.6 Å². The van der Waals surface area contributed by atoms with Crippen LogP contribution in [0.1, 0.15) is 22.8 Å². The van der Waals surface area contributed by atoms with Crippen LogP contribution < -0.4 is 24.8 Å². The number of benzene rings is 2. The van der Waals surface area contributed by atoms with E-state index in [-0.39, 0.29) is 5.91 Å². The number of ether oxygens (including phenoxy) is 3. The number of carbonyl (C=O) groups excluding carboxylic acids is 1. The molecule has 0 heterocycles. The van der Waals surface area contributed by atoms with E-state index in [4.69, 9.17) is 14.2 Å². The molecule has 6 heteroatoms. The Labute approximate surface area is 154 Å². The van der Waals surface area contributed by atoms with Gasteiger partial charge in [0.05, 0.1) is 14.2 Å². The highest BCUT2D eigenvalue weighted by Crippen LogP contribution is 2.39. The Morgan fingerprint density at radius 2 is 1.65 bits per heavy atom. The van der Waals surface area contributed by atoms with Crippen LogP contribution in [-0.4, -0.2) is 39.8 Å². The predicted octanol–water partition coefficient (Wildman–Crippen LogP) is 2.62. The van der Waals surface area contributed by atoms with Gasteiger partial charge >= 0.3 is 0 Å². The summed E-state index contributed by atoms with van der Waals surface area (Å²) in [6, 6.07) is 13.1. The lowest BCUT2D eigenvalue weighted by Gasteiger charge is -2.16. The van der Waals surface area contributed by atoms with Crippen LogP contribution in [0.2, 0.25) is 0 Å². The summed E-state index contributed by atoms with van der Waals surface area (Å²) in [6.45, 7) is 4.52. The molecule has 0 aliphatic heterocycles. The minimum absolute atomic E-state index is 0.186. The van der Waals surface area contributed by atoms with Crippen LogP contribution in [0.25, 0.3) is 0 Å². The molecule has 6 nitrogen and oxygen atoms in total. The van der Waals surface area contributed by atoms with E-state index in [1.165, 1.54) is 14.2 Å². The van der Waals surface area contributed by atoms with Gasteiger partial charge in [-0.1, -0.05) is 37.3 Å². The van der Waals surface area contributed by atoms with Gasteiger partial charge in [-0.3, -0.25) is 4.79 Å². The molecular weight excluding hydrogens is 332 g/mol. The fraction of sp³-hybridized carbons (Fsp3) is 0.350. The quantitative estimate of drug-likeness (QED) is 0.639. The number of nitrogens with one attached hydrogen (secondary N) is 2. The Kier molecular flexibility index (Phi) is 7.76. The van der Waals surface area contributed by atoms with E-state index >= 15 is 0 Å². The number of hydrogen-bond donors (Lipinski definition) is 2. The van der Waals surface area contributed by atoms with Gasteiger partial charge in [-0.2, -0.15) is 0 Å². The van der Waals surface area contributed by atoms with Crippen LogP contribution in [0.4, 0.5) is 0 Å². The number of likely N-dealkylation sites (N-methyl/N-ethyl adjacent to an activating group) is 1. The van der Waals surface area contributed by atoms with Gasteiger partial charge < -0.3 is 24.8 Å². The fourth-order valence-electron chi connectivity index (χ4n) is 2.43. The molecule has 26 heavy (non-hydrogen) atoms. The average Bonchev–Trinajstić information content (AvgIpc) is 2.69. The molecule has 0 atom stereocenters. The summed E-state index contributed by atoms with van der Waals surface area (Å²) in [6.07, 6.45) is 0. The van der Waals surface area contributed by atoms with Crippen LogP contribution in [-0.2, 0) is 6.61 Å². The van der Waals surface area contributed by atoms with Crippen LogP contribution >= 0.6 is 0 Å². The van der Waals surface area contributed by atoms with Gasteiger partial charge in [0.2, 0.25) is 5.75 Å². The molecule has 0 unspecified atom stereocenters. The lowest BCUT2D eigenvalue weighted by molar-refractivity contribution is 0.0953. The zero-order valence-electron chi connectivity index (χ0n) is 15.5. The number of hydrogen-bond acceptors (Lipinski definition) is 5. The highest BCUT2D eigenvalue weighted by Gasteiger charge is 2.17. The number of methoxy groups -OCH3 is 2. The fourth-order valence-corrected chi connectivity index (χ4v) is 2.43. The zero-order chi connectivity index (χ0) is 18.8. The van der Waals surface area contributed by atoms with Crippen LogP contribution in [0.5, 0.6) is 17.2 Å². The molecule has 0 aliphatic carbocycles. The highest BCUT2D eigenvalue weighted by molar-refractivity contribution is 5.95. The van der Waals surface area contributed by atoms with Crippen molar-refractivity contribution >= 4 is 5.91 Å². The third-order valence-electron chi connectivity index (χ3n) is 3.79. The minimum Gasteiger partial charge on any atom is -0.493 e. The van der Waals surface area contributed by atoms with E-state index in [0.717, 1.165) is 18.7 Å². The summed E-state index contributed by atoms with van der Waals surface area (Å²) >= 11 is 0. The number of rotatable bonds is 10. The first-order valence-electron chi connectivity index (χ1n) is 8.61. The molecule has 2 aromatic rings. The lowest BCUT2D eigenvalue weighted by atomic mass is 10.1. The van der Waals surface area contributed by atoms with E-state index in [9.17, 15) is 4.79 Å². The first kappa shape index (κ1) is 19.6. The van der Waals surface area contributed by atoms with E-state index < -0.39 is 0 Å². The maximum atomic E-state index is 12.3. The summed E-state index contributed by atoms with van der Waals surface area (Å²) < 4.78 is 16.7. The molecule has 0 saturated carbocycles. The molecule has 0 radical (unpaired) electrons. The molecule has 0 bridgehead atoms. The first-order valence-corrected chi connectivity index (χ1v) is 8.61. The van der Waals surface area contributed by atoms with Crippen molar-refractivity contribution in [3.63, 3.8) is 0 Å². The van der Waals surface area contributed by atoms with Crippen molar-refractivity contribution in [2.45, 2.75) is 13.5 Å². The van der Waals surface area contributed by atoms with Crippen molar-refractivity contribution in [2.24, 2.45) is 0 Å². The number of carbonyl (C=O) groups is 1. The van der Waals surface area contributed by atoms with Gasteiger partial charge in [0.1, 0.15) is 6.61 Å². The van der Waals surface area contributed by atoms with Crippen molar-refractivity contribution in [3.8, 4) is 17.2 Å². The van der Waals surface area contributed by atoms with E-state index in [1.807, 2.05) is 37.3 Å². The van der Waals surface area contributed by atoms with Crippen LogP contribution in [0.15, 0.2) is 42.5 Å². The van der Waals surface area contributed by atoms with Crippen molar-refractivity contribution in [1.82, 2.24) is 10.6 Å². The minimum atomic E-state index is -0.186. The summed E-state index contributed by atoms with van der Waals surface area (Å²) in [5, 5.41) is 6.02. The van der Waals surface area contributed by atoms with Gasteiger partial charge in [-0.15, -0.1) is 0 Å². The Balaban J connectivity index is 2.14. The van der Waals surface area contributed by atoms with E-state index in [1.54, 1.807) is 12.1 Å². The van der Waals surface area contributed by atoms with Crippen molar-refractivity contribution in [2.75, 3.05) is 33.9 Å². The Bertz CT molecular complexity index is 679. The first-order chi connectivity index (χ1) is 12.7. The summed E-state index contributed by atoms with van der Waals surface area (Å²) in [4.78, 5) is 12.3. The average molecular weight is 358 g/mol. The van der Waals surface area contributed by atoms with E-state index in [0.29, 0.717) is 36.0 Å². The molecule has 2 aromatic carbocycles. The number of amides is 1. The Morgan fingerprint density at radius 3 is 2.23 bits per heavy atom. The van der Waals surface area contributed by atoms with Gasteiger partial charge in [0.25, 0.3) is 5.91 Å². The van der Waals surface area contributed by atoms with Crippen LogP contribution in [0.3, 0.4) is 0 Å². The zero-order valence-corrected chi connectivity index (χ0v) is 15.5. The molecule has 2 rings (SSSR count). The standard InChI is InChI=1S/C20H26N2O4/c1-4-21-10-11-22-20(23)16-12-17(24-2)19(18(13-16)25-3)26-14-15-8-6-5-7-9-15/h5-9,12-13,21H,4,10-11,14H2,1-3H3,(H,22,23). The molecule has 2 N–H and O–H groups in total. The monoisotopic (exact) mass is 358 g/mol. The second-order valence-corrected chi connectivity index (χ2v) is 5.59. The SMILES string of the molecule is CCNCCNC(=O)c1cc(OC)c(OCc2ccccc2)c(OC)c1. The van der Waals surface area contributed by atoms with Gasteiger partial charge in [-0.25, -0.2) is 0 Å². The van der Waals surface area contributed by atoms with Gasteiger partial charge in [-0.05, 0) is 24.2 Å². The highest BCUT2D eigenvalue weighted by atomic mass is 16.5. The molecule has 0 saturated heterocycles. The van der Waals surface area contributed by atoms with Crippen molar-refractivity contribution < 1.29 is 19.0 Å². The maximum Gasteiger partial charge on any atom is 0.251 e. The molecule has 0 aromatic heterocycles. The second kappa shape index (κ2) is 10.3. The Morgan fingerprint density at radius 1 is 1.00 bits per heavy atom. The molecule has 0 spiro atoms. The molecule has 1 amide bonds. The largest absolute Gasteiger partial charge is 0.493 e. The van der Waals surface area contributed by atoms with Crippen molar-refractivity contribution in [3.05, 3.63) is 53.6 Å². The lowest BCUT2D eigenvalue weighted by Crippen LogP contribution is -2.31. The van der Waals surface area contributed by atoms with Gasteiger partial charge in [0.15, 0.2) is 11.5 Å². The second-order valence-electron chi connectivity index (χ2n) is 5.59. The summed E-state index contributed by atoms with van der Waals surface area (Å²) in [5.74, 6) is 1.20. The summed E-state index contributed by atoms with van der Waals surface area (Å²) in [5.41, 5.74) is 1.49. The molecule has 140 valence electrons. The van der Waals surface area contributed by atoms with Crippen LogP contribution in [0, 0.1) is 0 Å². The van der Waals surface area contributed by atoms with Gasteiger partial charge in [0, 0.05) is 18.7 Å². The topological polar surface area (TPSA) is 68.8 Å². The molecular formula is C20H26N2O4. The maximum absolute atomic E-state index is 12.3. The van der Waals surface area contributed by atoms with Crippen molar-refractivity contribution in [1.29, 1.82) is 0 Å².